The number of carbonyl (C=O) groups is 1. The lowest BCUT2D eigenvalue weighted by atomic mass is 10.0. The van der Waals surface area contributed by atoms with Crippen molar-refractivity contribution < 1.29 is 17.9 Å². The average molecular weight is 326 g/mol. The van der Waals surface area contributed by atoms with Crippen LogP contribution in [0.4, 0.5) is 0 Å². The van der Waals surface area contributed by atoms with E-state index in [2.05, 4.69) is 4.72 Å². The normalized spacial score (nSPS) is 22.0. The third-order valence-electron chi connectivity index (χ3n) is 3.79. The molecule has 1 fully saturated rings. The highest BCUT2D eigenvalue weighted by molar-refractivity contribution is 7.88. The molecule has 1 unspecified atom stereocenters. The molecular formula is C15H22N2O4S. The number of likely N-dealkylation sites (tertiary alicyclic amines) is 1. The second-order valence-electron chi connectivity index (χ2n) is 5.56. The van der Waals surface area contributed by atoms with Gasteiger partial charge < -0.3 is 9.64 Å². The predicted octanol–water partition coefficient (Wildman–Crippen LogP) is 0.394. The number of ether oxygens (including phenoxy) is 1. The van der Waals surface area contributed by atoms with Crippen molar-refractivity contribution in [2.24, 2.45) is 0 Å². The summed E-state index contributed by atoms with van der Waals surface area (Å²) in [6.07, 6.45) is 2.37. The highest BCUT2D eigenvalue weighted by atomic mass is 32.2. The highest BCUT2D eigenvalue weighted by Crippen LogP contribution is 2.23. The molecule has 1 aliphatic rings. The zero-order chi connectivity index (χ0) is 16.2. The largest absolute Gasteiger partial charge is 0.375 e. The number of benzene rings is 1. The van der Waals surface area contributed by atoms with E-state index in [9.17, 15) is 13.2 Å². The minimum atomic E-state index is -3.31. The second-order valence-corrected chi connectivity index (χ2v) is 7.34. The maximum Gasteiger partial charge on any atom is 0.248 e. The summed E-state index contributed by atoms with van der Waals surface area (Å²) in [5.74, 6) is -0.110. The predicted molar refractivity (Wildman–Crippen MR) is 83.9 cm³/mol. The molecule has 2 rings (SSSR count). The van der Waals surface area contributed by atoms with Crippen molar-refractivity contribution in [2.45, 2.75) is 24.9 Å². The monoisotopic (exact) mass is 326 g/mol. The van der Waals surface area contributed by atoms with Crippen LogP contribution in [0, 0.1) is 0 Å². The Balaban J connectivity index is 2.19. The summed E-state index contributed by atoms with van der Waals surface area (Å²) < 4.78 is 30.7. The molecule has 0 aromatic heterocycles. The molecule has 1 aliphatic heterocycles. The van der Waals surface area contributed by atoms with Crippen LogP contribution in [-0.4, -0.2) is 57.8 Å². The number of hydrogen-bond acceptors (Lipinski definition) is 4. The van der Waals surface area contributed by atoms with Crippen LogP contribution in [-0.2, 0) is 26.0 Å². The van der Waals surface area contributed by atoms with Gasteiger partial charge in [0.25, 0.3) is 0 Å². The number of methoxy groups -OCH3 is 1. The molecule has 1 heterocycles. The van der Waals surface area contributed by atoms with Gasteiger partial charge in [0.2, 0.25) is 15.9 Å². The summed E-state index contributed by atoms with van der Waals surface area (Å²) in [7, 11) is -1.83. The van der Waals surface area contributed by atoms with Crippen LogP contribution in [0.1, 0.15) is 12.0 Å². The van der Waals surface area contributed by atoms with Gasteiger partial charge in [0.05, 0.1) is 12.3 Å². The van der Waals surface area contributed by atoms with Crippen LogP contribution in [0.15, 0.2) is 30.3 Å². The molecule has 0 spiro atoms. The van der Waals surface area contributed by atoms with Crippen molar-refractivity contribution in [1.82, 2.24) is 9.62 Å². The zero-order valence-electron chi connectivity index (χ0n) is 12.9. The van der Waals surface area contributed by atoms with E-state index < -0.39 is 10.0 Å². The van der Waals surface area contributed by atoms with Gasteiger partial charge in [-0.25, -0.2) is 13.1 Å². The minimum Gasteiger partial charge on any atom is -0.375 e. The van der Waals surface area contributed by atoms with Gasteiger partial charge in [0, 0.05) is 19.7 Å². The standard InChI is InChI=1S/C15H22N2O4S/c1-21-11-15(18)17-9-8-13(16-22(2,19)20)14(17)10-12-6-4-3-5-7-12/h3-7,13-14,16H,8-11H2,1-2H3/t13?,14-/m0/s1. The van der Waals surface area contributed by atoms with Crippen molar-refractivity contribution >= 4 is 15.9 Å². The van der Waals surface area contributed by atoms with E-state index in [-0.39, 0.29) is 24.6 Å². The Bertz CT molecular complexity index is 603. The molecule has 0 saturated carbocycles. The molecule has 1 aromatic rings. The van der Waals surface area contributed by atoms with Crippen molar-refractivity contribution in [2.75, 3.05) is 26.5 Å². The number of nitrogens with zero attached hydrogens (tertiary/aromatic N) is 1. The Morgan fingerprint density at radius 3 is 2.64 bits per heavy atom. The van der Waals surface area contributed by atoms with Gasteiger partial charge in [-0.1, -0.05) is 30.3 Å². The topological polar surface area (TPSA) is 75.7 Å². The van der Waals surface area contributed by atoms with Crippen molar-refractivity contribution in [3.63, 3.8) is 0 Å². The van der Waals surface area contributed by atoms with Crippen LogP contribution < -0.4 is 4.72 Å². The molecule has 1 amide bonds. The fraction of sp³-hybridized carbons (Fsp3) is 0.533. The molecule has 0 bridgehead atoms. The summed E-state index contributed by atoms with van der Waals surface area (Å²) in [6, 6.07) is 9.30. The summed E-state index contributed by atoms with van der Waals surface area (Å²) in [6.45, 7) is 0.545. The van der Waals surface area contributed by atoms with Crippen molar-refractivity contribution in [3.05, 3.63) is 35.9 Å². The number of rotatable bonds is 6. The molecule has 1 aromatic carbocycles. The number of hydrogen-bond donors (Lipinski definition) is 1. The molecule has 6 nitrogen and oxygen atoms in total. The number of nitrogens with one attached hydrogen (secondary N) is 1. The molecule has 7 heteroatoms. The van der Waals surface area contributed by atoms with Crippen molar-refractivity contribution in [1.29, 1.82) is 0 Å². The van der Waals surface area contributed by atoms with Gasteiger partial charge in [-0.2, -0.15) is 0 Å². The number of amides is 1. The molecular weight excluding hydrogens is 304 g/mol. The van der Waals surface area contributed by atoms with Crippen LogP contribution in [0.5, 0.6) is 0 Å². The molecule has 122 valence electrons. The molecule has 1 saturated heterocycles. The van der Waals surface area contributed by atoms with E-state index in [1.807, 2.05) is 30.3 Å². The number of carbonyl (C=O) groups excluding carboxylic acids is 1. The van der Waals surface area contributed by atoms with E-state index in [0.29, 0.717) is 19.4 Å². The fourth-order valence-electron chi connectivity index (χ4n) is 2.89. The Labute approximate surface area is 131 Å². The van der Waals surface area contributed by atoms with Crippen LogP contribution >= 0.6 is 0 Å². The van der Waals surface area contributed by atoms with Crippen molar-refractivity contribution in [3.8, 4) is 0 Å². The van der Waals surface area contributed by atoms with Gasteiger partial charge in [-0.15, -0.1) is 0 Å². The minimum absolute atomic E-state index is 0.0108. The lowest BCUT2D eigenvalue weighted by Gasteiger charge is -2.28. The van der Waals surface area contributed by atoms with E-state index in [1.165, 1.54) is 7.11 Å². The smallest absolute Gasteiger partial charge is 0.248 e. The molecule has 22 heavy (non-hydrogen) atoms. The maximum absolute atomic E-state index is 12.2. The maximum atomic E-state index is 12.2. The van der Waals surface area contributed by atoms with Gasteiger partial charge in [0.15, 0.2) is 0 Å². The van der Waals surface area contributed by atoms with E-state index in [1.54, 1.807) is 4.90 Å². The third-order valence-corrected chi connectivity index (χ3v) is 4.52. The van der Waals surface area contributed by atoms with Gasteiger partial charge in [-0.05, 0) is 18.4 Å². The molecule has 0 radical (unpaired) electrons. The molecule has 2 atom stereocenters. The Morgan fingerprint density at radius 2 is 2.05 bits per heavy atom. The summed E-state index contributed by atoms with van der Waals surface area (Å²) >= 11 is 0. The number of sulfonamides is 1. The van der Waals surface area contributed by atoms with Gasteiger partial charge in [0.1, 0.15) is 6.61 Å². The van der Waals surface area contributed by atoms with E-state index in [0.717, 1.165) is 11.8 Å². The third kappa shape index (κ3) is 4.53. The second kappa shape index (κ2) is 7.21. The summed E-state index contributed by atoms with van der Waals surface area (Å²) in [5.41, 5.74) is 1.07. The Morgan fingerprint density at radius 1 is 1.36 bits per heavy atom. The SMILES string of the molecule is COCC(=O)N1CCC(NS(C)(=O)=O)[C@@H]1Cc1ccccc1. The zero-order valence-corrected chi connectivity index (χ0v) is 13.7. The first-order valence-electron chi connectivity index (χ1n) is 7.20. The summed E-state index contributed by atoms with van der Waals surface area (Å²) in [4.78, 5) is 13.9. The first-order chi connectivity index (χ1) is 10.4. The first-order valence-corrected chi connectivity index (χ1v) is 9.09. The lowest BCUT2D eigenvalue weighted by molar-refractivity contribution is -0.136. The van der Waals surface area contributed by atoms with E-state index >= 15 is 0 Å². The van der Waals surface area contributed by atoms with Crippen LogP contribution in [0.2, 0.25) is 0 Å². The Hall–Kier alpha value is -1.44. The lowest BCUT2D eigenvalue weighted by Crippen LogP contribution is -2.48. The van der Waals surface area contributed by atoms with Crippen LogP contribution in [0.25, 0.3) is 0 Å². The molecule has 0 aliphatic carbocycles. The highest BCUT2D eigenvalue weighted by Gasteiger charge is 2.38. The van der Waals surface area contributed by atoms with Gasteiger partial charge in [-0.3, -0.25) is 4.79 Å². The van der Waals surface area contributed by atoms with Gasteiger partial charge >= 0.3 is 0 Å². The average Bonchev–Trinajstić information content (AvgIpc) is 2.81. The summed E-state index contributed by atoms with van der Waals surface area (Å²) in [5, 5.41) is 0. The van der Waals surface area contributed by atoms with E-state index in [4.69, 9.17) is 4.74 Å². The fourth-order valence-corrected chi connectivity index (χ4v) is 3.71. The Kier molecular flexibility index (Phi) is 5.55. The van der Waals surface area contributed by atoms with Crippen LogP contribution in [0.3, 0.4) is 0 Å². The quantitative estimate of drug-likeness (QED) is 0.821. The first kappa shape index (κ1) is 16.9. The molecule has 1 N–H and O–H groups in total.